The summed E-state index contributed by atoms with van der Waals surface area (Å²) in [4.78, 5) is 38.4. The van der Waals surface area contributed by atoms with Gasteiger partial charge in [0.2, 0.25) is 0 Å². The van der Waals surface area contributed by atoms with E-state index in [0.29, 0.717) is 19.3 Å². The van der Waals surface area contributed by atoms with Crippen LogP contribution in [0.25, 0.3) is 0 Å². The molecule has 0 bridgehead atoms. The Labute approximate surface area is 489 Å². The molecule has 0 amide bonds. The highest BCUT2D eigenvalue weighted by molar-refractivity contribution is 5.71. The van der Waals surface area contributed by atoms with Crippen LogP contribution in [-0.4, -0.2) is 37.2 Å². The van der Waals surface area contributed by atoms with Crippen molar-refractivity contribution in [2.24, 2.45) is 0 Å². The van der Waals surface area contributed by atoms with Gasteiger partial charge in [-0.3, -0.25) is 14.4 Å². The number of esters is 3. The van der Waals surface area contributed by atoms with Crippen LogP contribution in [0.2, 0.25) is 0 Å². The molecule has 6 nitrogen and oxygen atoms in total. The lowest BCUT2D eigenvalue weighted by atomic mass is 10.0. The maximum absolute atomic E-state index is 12.9. The summed E-state index contributed by atoms with van der Waals surface area (Å²) in [6, 6.07) is 0. The van der Waals surface area contributed by atoms with Crippen molar-refractivity contribution >= 4 is 17.9 Å². The first-order valence-corrected chi connectivity index (χ1v) is 33.4. The average molecular weight is 1100 g/mol. The molecule has 0 aliphatic carbocycles. The summed E-state index contributed by atoms with van der Waals surface area (Å²) >= 11 is 0. The van der Waals surface area contributed by atoms with Crippen LogP contribution in [0, 0.1) is 0 Å². The molecular weight excluding hydrogens is 973 g/mol. The summed E-state index contributed by atoms with van der Waals surface area (Å²) in [6.07, 6.45) is 90.9. The molecule has 0 saturated carbocycles. The number of hydrogen-bond acceptors (Lipinski definition) is 6. The maximum atomic E-state index is 12.9. The van der Waals surface area contributed by atoms with E-state index in [1.165, 1.54) is 141 Å². The first-order valence-electron chi connectivity index (χ1n) is 33.4. The van der Waals surface area contributed by atoms with Crippen LogP contribution in [0.1, 0.15) is 316 Å². The first-order chi connectivity index (χ1) is 39.0. The van der Waals surface area contributed by atoms with Crippen molar-refractivity contribution in [1.29, 1.82) is 0 Å². The van der Waals surface area contributed by atoms with Gasteiger partial charge in [0, 0.05) is 19.3 Å². The fourth-order valence-corrected chi connectivity index (χ4v) is 9.26. The van der Waals surface area contributed by atoms with E-state index in [2.05, 4.69) is 130 Å². The van der Waals surface area contributed by atoms with Crippen molar-refractivity contribution in [3.63, 3.8) is 0 Å². The molecule has 0 heterocycles. The molecular formula is C73H124O6. The van der Waals surface area contributed by atoms with Crippen molar-refractivity contribution < 1.29 is 28.6 Å². The summed E-state index contributed by atoms with van der Waals surface area (Å²) in [5.41, 5.74) is 0. The van der Waals surface area contributed by atoms with Crippen molar-refractivity contribution in [3.8, 4) is 0 Å². The molecule has 0 aromatic heterocycles. The smallest absolute Gasteiger partial charge is 0.306 e. The van der Waals surface area contributed by atoms with Gasteiger partial charge >= 0.3 is 17.9 Å². The number of hydrogen-bond donors (Lipinski definition) is 0. The number of carbonyl (C=O) groups excluding carboxylic acids is 3. The van der Waals surface area contributed by atoms with Crippen molar-refractivity contribution in [2.75, 3.05) is 13.2 Å². The summed E-state index contributed by atoms with van der Waals surface area (Å²) in [5.74, 6) is -0.899. The Morgan fingerprint density at radius 1 is 0.266 bits per heavy atom. The van der Waals surface area contributed by atoms with Gasteiger partial charge < -0.3 is 14.2 Å². The molecule has 0 N–H and O–H groups in total. The molecule has 1 atom stereocenters. The van der Waals surface area contributed by atoms with Crippen molar-refractivity contribution in [3.05, 3.63) is 109 Å². The fourth-order valence-electron chi connectivity index (χ4n) is 9.26. The molecule has 0 aliphatic rings. The van der Waals surface area contributed by atoms with Crippen LogP contribution in [0.5, 0.6) is 0 Å². The van der Waals surface area contributed by atoms with E-state index in [-0.39, 0.29) is 31.1 Å². The van der Waals surface area contributed by atoms with Gasteiger partial charge in [0.25, 0.3) is 0 Å². The summed E-state index contributed by atoms with van der Waals surface area (Å²) in [7, 11) is 0. The monoisotopic (exact) mass is 1100 g/mol. The van der Waals surface area contributed by atoms with Gasteiger partial charge in [0.05, 0.1) is 0 Å². The van der Waals surface area contributed by atoms with Gasteiger partial charge in [-0.15, -0.1) is 0 Å². The third-order valence-electron chi connectivity index (χ3n) is 14.3. The zero-order chi connectivity index (χ0) is 57.1. The largest absolute Gasteiger partial charge is 0.462 e. The molecule has 0 rings (SSSR count). The fraction of sp³-hybridized carbons (Fsp3) is 0.712. The zero-order valence-corrected chi connectivity index (χ0v) is 51.9. The lowest BCUT2D eigenvalue weighted by Gasteiger charge is -2.18. The van der Waals surface area contributed by atoms with Crippen LogP contribution in [0.3, 0.4) is 0 Å². The van der Waals surface area contributed by atoms with E-state index in [0.717, 1.165) is 135 Å². The van der Waals surface area contributed by atoms with E-state index in [1.807, 2.05) is 0 Å². The van der Waals surface area contributed by atoms with Crippen LogP contribution >= 0.6 is 0 Å². The SMILES string of the molecule is CC/C=C\C/C=C\C/C=C\C/C=C\C/C=C\C/C=C\C/C=C\CCCCCCCCCC(=O)OCC(COC(=O)CCCCCCC/C=C\C/C=C\CCCC)OC(=O)CCCCCCCCCCCCCCCCCCCC. The molecule has 79 heavy (non-hydrogen) atoms. The highest BCUT2D eigenvalue weighted by Gasteiger charge is 2.19. The van der Waals surface area contributed by atoms with Gasteiger partial charge in [-0.05, 0) is 103 Å². The number of carbonyl (C=O) groups is 3. The zero-order valence-electron chi connectivity index (χ0n) is 51.9. The molecule has 0 aromatic rings. The number of rotatable bonds is 60. The standard InChI is InChI=1S/C73H124O6/c1-4-7-10-13-16-19-22-25-28-30-32-33-34-35-36-37-38-39-40-41-42-44-45-48-51-54-57-60-63-66-72(75)78-69-70(68-77-71(74)65-62-59-56-53-50-47-27-24-21-18-15-12-9-6-3)79-73(76)67-64-61-58-55-52-49-46-43-31-29-26-23-20-17-14-11-8-5-2/h7,10,15-16,18-19,24-25,27-28,32-33,35-36,38-39,41-42,70H,4-6,8-9,11-14,17,20-23,26,29-31,34,37,40,43-69H2,1-3H3/b10-7-,18-15-,19-16-,27-24-,28-25-,33-32-,36-35-,39-38-,42-41-. The minimum absolute atomic E-state index is 0.0869. The van der Waals surface area contributed by atoms with Gasteiger partial charge in [-0.1, -0.05) is 304 Å². The average Bonchev–Trinajstić information content (AvgIpc) is 3.45. The predicted molar refractivity (Wildman–Crippen MR) is 343 cm³/mol. The van der Waals surface area contributed by atoms with E-state index >= 15 is 0 Å². The summed E-state index contributed by atoms with van der Waals surface area (Å²) < 4.78 is 16.9. The maximum Gasteiger partial charge on any atom is 0.306 e. The van der Waals surface area contributed by atoms with E-state index in [4.69, 9.17) is 14.2 Å². The Morgan fingerprint density at radius 2 is 0.506 bits per heavy atom. The topological polar surface area (TPSA) is 78.9 Å². The molecule has 0 aromatic carbocycles. The molecule has 0 aliphatic heterocycles. The minimum Gasteiger partial charge on any atom is -0.462 e. The van der Waals surface area contributed by atoms with Gasteiger partial charge in [-0.25, -0.2) is 0 Å². The van der Waals surface area contributed by atoms with Gasteiger partial charge in [-0.2, -0.15) is 0 Å². The molecule has 6 heteroatoms. The van der Waals surface area contributed by atoms with Crippen LogP contribution in [0.4, 0.5) is 0 Å². The van der Waals surface area contributed by atoms with Crippen LogP contribution in [0.15, 0.2) is 109 Å². The summed E-state index contributed by atoms with van der Waals surface area (Å²) in [6.45, 7) is 6.50. The Balaban J connectivity index is 4.34. The van der Waals surface area contributed by atoms with Crippen molar-refractivity contribution in [1.82, 2.24) is 0 Å². The van der Waals surface area contributed by atoms with Crippen molar-refractivity contribution in [2.45, 2.75) is 322 Å². The summed E-state index contributed by atoms with van der Waals surface area (Å²) in [5, 5.41) is 0. The molecule has 1 unspecified atom stereocenters. The lowest BCUT2D eigenvalue weighted by molar-refractivity contribution is -0.167. The lowest BCUT2D eigenvalue weighted by Crippen LogP contribution is -2.30. The Morgan fingerprint density at radius 3 is 0.810 bits per heavy atom. The van der Waals surface area contributed by atoms with E-state index in [1.54, 1.807) is 0 Å². The van der Waals surface area contributed by atoms with E-state index in [9.17, 15) is 14.4 Å². The molecule has 0 saturated heterocycles. The second-order valence-electron chi connectivity index (χ2n) is 22.0. The van der Waals surface area contributed by atoms with Gasteiger partial charge in [0.1, 0.15) is 13.2 Å². The number of unbranched alkanes of at least 4 members (excludes halogenated alkanes) is 31. The van der Waals surface area contributed by atoms with Gasteiger partial charge in [0.15, 0.2) is 6.10 Å². The second-order valence-corrected chi connectivity index (χ2v) is 22.0. The molecule has 452 valence electrons. The third kappa shape index (κ3) is 64.8. The number of ether oxygens (including phenoxy) is 3. The molecule has 0 fully saturated rings. The van der Waals surface area contributed by atoms with Crippen LogP contribution < -0.4 is 0 Å². The number of allylic oxidation sites excluding steroid dienone is 18. The highest BCUT2D eigenvalue weighted by Crippen LogP contribution is 2.17. The minimum atomic E-state index is -0.789. The predicted octanol–water partition coefficient (Wildman–Crippen LogP) is 23.0. The normalized spacial score (nSPS) is 12.8. The Bertz CT molecular complexity index is 1590. The Hall–Kier alpha value is -3.93. The Kier molecular flexibility index (Phi) is 63.3. The first kappa shape index (κ1) is 75.1. The third-order valence-corrected chi connectivity index (χ3v) is 14.3. The highest BCUT2D eigenvalue weighted by atomic mass is 16.6. The quantitative estimate of drug-likeness (QED) is 0.0261. The molecule has 0 radical (unpaired) electrons. The van der Waals surface area contributed by atoms with E-state index < -0.39 is 6.10 Å². The van der Waals surface area contributed by atoms with Crippen LogP contribution in [-0.2, 0) is 28.6 Å². The second kappa shape index (κ2) is 66.6. The molecule has 0 spiro atoms.